The van der Waals surface area contributed by atoms with Crippen molar-refractivity contribution in [3.8, 4) is 0 Å². The van der Waals surface area contributed by atoms with E-state index in [1.807, 2.05) is 0 Å². The van der Waals surface area contributed by atoms with Gasteiger partial charge in [-0.05, 0) is 67.6 Å². The van der Waals surface area contributed by atoms with Crippen LogP contribution in [0.3, 0.4) is 0 Å². The van der Waals surface area contributed by atoms with E-state index >= 15 is 0 Å². The van der Waals surface area contributed by atoms with Gasteiger partial charge in [-0.25, -0.2) is 0 Å². The van der Waals surface area contributed by atoms with E-state index < -0.39 is 0 Å². The lowest BCUT2D eigenvalue weighted by molar-refractivity contribution is 1.13. The zero-order valence-electron chi connectivity index (χ0n) is 11.7. The van der Waals surface area contributed by atoms with Gasteiger partial charge in [0.1, 0.15) is 0 Å². The fraction of sp³-hybridized carbons (Fsp3) is 0.294. The highest BCUT2D eigenvalue weighted by Crippen LogP contribution is 2.16. The zero-order valence-corrected chi connectivity index (χ0v) is 11.7. The van der Waals surface area contributed by atoms with Gasteiger partial charge < -0.3 is 5.32 Å². The summed E-state index contributed by atoms with van der Waals surface area (Å²) in [6.07, 6.45) is 0. The monoisotopic (exact) mass is 239 g/mol. The van der Waals surface area contributed by atoms with E-state index in [1.54, 1.807) is 0 Å². The lowest BCUT2D eigenvalue weighted by Crippen LogP contribution is -2.00. The van der Waals surface area contributed by atoms with E-state index in [9.17, 15) is 0 Å². The Labute approximate surface area is 110 Å². The molecule has 0 aliphatic heterocycles. The van der Waals surface area contributed by atoms with Crippen molar-refractivity contribution in [3.63, 3.8) is 0 Å². The first-order valence-corrected chi connectivity index (χ1v) is 6.43. The topological polar surface area (TPSA) is 12.0 Å². The van der Waals surface area contributed by atoms with Crippen LogP contribution in [0.5, 0.6) is 0 Å². The molecule has 1 heteroatoms. The predicted octanol–water partition coefficient (Wildman–Crippen LogP) is 4.53. The van der Waals surface area contributed by atoms with Crippen molar-refractivity contribution < 1.29 is 0 Å². The van der Waals surface area contributed by atoms with Crippen LogP contribution < -0.4 is 5.32 Å². The van der Waals surface area contributed by atoms with Gasteiger partial charge in [-0.15, -0.1) is 0 Å². The SMILES string of the molecule is Cc1ccc(CNc2ccc(C)c(C)c2)cc1C. The number of benzene rings is 2. The smallest absolute Gasteiger partial charge is 0.0400 e. The van der Waals surface area contributed by atoms with Crippen LogP contribution in [0, 0.1) is 27.7 Å². The summed E-state index contributed by atoms with van der Waals surface area (Å²) in [7, 11) is 0. The van der Waals surface area contributed by atoms with Gasteiger partial charge in [-0.2, -0.15) is 0 Å². The van der Waals surface area contributed by atoms with E-state index in [0.29, 0.717) is 0 Å². The second-order valence-corrected chi connectivity index (χ2v) is 5.07. The molecule has 0 amide bonds. The summed E-state index contributed by atoms with van der Waals surface area (Å²) in [6, 6.07) is 13.1. The molecule has 0 radical (unpaired) electrons. The van der Waals surface area contributed by atoms with E-state index in [2.05, 4.69) is 69.4 Å². The minimum absolute atomic E-state index is 0.879. The molecular formula is C17H21N. The highest BCUT2D eigenvalue weighted by molar-refractivity contribution is 5.48. The third-order valence-electron chi connectivity index (χ3n) is 3.57. The van der Waals surface area contributed by atoms with Gasteiger partial charge in [0.2, 0.25) is 0 Å². The molecule has 94 valence electrons. The molecule has 0 spiro atoms. The van der Waals surface area contributed by atoms with Crippen molar-refractivity contribution in [2.24, 2.45) is 0 Å². The molecule has 0 aromatic heterocycles. The molecule has 2 aromatic carbocycles. The summed E-state index contributed by atoms with van der Waals surface area (Å²) in [5.74, 6) is 0. The molecule has 0 heterocycles. The van der Waals surface area contributed by atoms with Crippen LogP contribution in [-0.2, 0) is 6.54 Å². The molecule has 0 fully saturated rings. The third kappa shape index (κ3) is 2.92. The Hall–Kier alpha value is -1.76. The molecular weight excluding hydrogens is 218 g/mol. The van der Waals surface area contributed by atoms with E-state index in [1.165, 1.54) is 33.5 Å². The largest absolute Gasteiger partial charge is 0.381 e. The van der Waals surface area contributed by atoms with Crippen molar-refractivity contribution in [2.75, 3.05) is 5.32 Å². The number of hydrogen-bond donors (Lipinski definition) is 1. The Morgan fingerprint density at radius 1 is 0.722 bits per heavy atom. The normalized spacial score (nSPS) is 10.4. The maximum absolute atomic E-state index is 3.48. The summed E-state index contributed by atoms with van der Waals surface area (Å²) < 4.78 is 0. The Kier molecular flexibility index (Phi) is 3.71. The first-order chi connectivity index (χ1) is 8.56. The summed E-state index contributed by atoms with van der Waals surface area (Å²) in [6.45, 7) is 9.48. The second kappa shape index (κ2) is 5.26. The van der Waals surface area contributed by atoms with Crippen LogP contribution in [0.25, 0.3) is 0 Å². The molecule has 0 saturated carbocycles. The van der Waals surface area contributed by atoms with E-state index in [4.69, 9.17) is 0 Å². The van der Waals surface area contributed by atoms with Crippen molar-refractivity contribution in [1.29, 1.82) is 0 Å². The maximum atomic E-state index is 3.48. The average molecular weight is 239 g/mol. The van der Waals surface area contributed by atoms with Gasteiger partial charge in [-0.3, -0.25) is 0 Å². The summed E-state index contributed by atoms with van der Waals surface area (Å²) in [4.78, 5) is 0. The molecule has 18 heavy (non-hydrogen) atoms. The maximum Gasteiger partial charge on any atom is 0.0400 e. The molecule has 1 nitrogen and oxygen atoms in total. The van der Waals surface area contributed by atoms with E-state index in [-0.39, 0.29) is 0 Å². The lowest BCUT2D eigenvalue weighted by atomic mass is 10.1. The van der Waals surface area contributed by atoms with Crippen LogP contribution >= 0.6 is 0 Å². The second-order valence-electron chi connectivity index (χ2n) is 5.07. The highest BCUT2D eigenvalue weighted by Gasteiger charge is 1.98. The van der Waals surface area contributed by atoms with Gasteiger partial charge in [0.05, 0.1) is 0 Å². The first kappa shape index (κ1) is 12.7. The Bertz CT molecular complexity index is 504. The summed E-state index contributed by atoms with van der Waals surface area (Å²) in [5.41, 5.74) is 7.90. The van der Waals surface area contributed by atoms with Crippen LogP contribution in [0.4, 0.5) is 5.69 Å². The molecule has 0 bridgehead atoms. The van der Waals surface area contributed by atoms with Crippen LogP contribution in [0.1, 0.15) is 27.8 Å². The first-order valence-electron chi connectivity index (χ1n) is 6.43. The molecule has 0 saturated heterocycles. The lowest BCUT2D eigenvalue weighted by Gasteiger charge is -2.10. The number of aryl methyl sites for hydroxylation is 4. The molecule has 0 aliphatic rings. The minimum Gasteiger partial charge on any atom is -0.381 e. The predicted molar refractivity (Wildman–Crippen MR) is 79.2 cm³/mol. The highest BCUT2D eigenvalue weighted by atomic mass is 14.9. The van der Waals surface area contributed by atoms with Crippen molar-refractivity contribution in [3.05, 3.63) is 64.2 Å². The van der Waals surface area contributed by atoms with Gasteiger partial charge in [0, 0.05) is 12.2 Å². The number of anilines is 1. The molecule has 1 N–H and O–H groups in total. The van der Waals surface area contributed by atoms with Crippen LogP contribution in [0.2, 0.25) is 0 Å². The Morgan fingerprint density at radius 3 is 1.94 bits per heavy atom. The standard InChI is InChI=1S/C17H21N/c1-12-5-7-16(9-14(12)3)11-18-17-8-6-13(2)15(4)10-17/h5-10,18H,11H2,1-4H3. The van der Waals surface area contributed by atoms with Gasteiger partial charge in [-0.1, -0.05) is 24.3 Å². The Balaban J connectivity index is 2.06. The molecule has 0 unspecified atom stereocenters. The number of nitrogens with one attached hydrogen (secondary N) is 1. The van der Waals surface area contributed by atoms with Crippen LogP contribution in [-0.4, -0.2) is 0 Å². The zero-order chi connectivity index (χ0) is 13.1. The molecule has 2 rings (SSSR count). The quantitative estimate of drug-likeness (QED) is 0.829. The van der Waals surface area contributed by atoms with Crippen molar-refractivity contribution in [2.45, 2.75) is 34.2 Å². The number of hydrogen-bond acceptors (Lipinski definition) is 1. The van der Waals surface area contributed by atoms with Crippen molar-refractivity contribution in [1.82, 2.24) is 0 Å². The molecule has 0 atom stereocenters. The van der Waals surface area contributed by atoms with Crippen LogP contribution in [0.15, 0.2) is 36.4 Å². The minimum atomic E-state index is 0.879. The average Bonchev–Trinajstić information content (AvgIpc) is 2.35. The third-order valence-corrected chi connectivity index (χ3v) is 3.57. The van der Waals surface area contributed by atoms with Crippen molar-refractivity contribution >= 4 is 5.69 Å². The molecule has 2 aromatic rings. The van der Waals surface area contributed by atoms with Gasteiger partial charge >= 0.3 is 0 Å². The number of rotatable bonds is 3. The van der Waals surface area contributed by atoms with Gasteiger partial charge in [0.25, 0.3) is 0 Å². The summed E-state index contributed by atoms with van der Waals surface area (Å²) in [5, 5.41) is 3.48. The fourth-order valence-electron chi connectivity index (χ4n) is 1.97. The molecule has 0 aliphatic carbocycles. The Morgan fingerprint density at radius 2 is 1.33 bits per heavy atom. The van der Waals surface area contributed by atoms with E-state index in [0.717, 1.165) is 6.54 Å². The van der Waals surface area contributed by atoms with Gasteiger partial charge in [0.15, 0.2) is 0 Å². The fourth-order valence-corrected chi connectivity index (χ4v) is 1.97. The summed E-state index contributed by atoms with van der Waals surface area (Å²) >= 11 is 0.